The summed E-state index contributed by atoms with van der Waals surface area (Å²) in [5, 5.41) is 26.0. The standard InChI is InChI=1S/C20H26N2O2/c1-11-9-19(24)17(21-5)10-16(11)13(3)12(2)15-7-8-18(23)20(22-6)14(15)4/h7-10,21-24H,1-6H3/b13-12+. The highest BCUT2D eigenvalue weighted by Gasteiger charge is 2.14. The number of hydrogen-bond donors (Lipinski definition) is 4. The Hall–Kier alpha value is -2.62. The van der Waals surface area contributed by atoms with Crippen LogP contribution in [-0.4, -0.2) is 24.3 Å². The van der Waals surface area contributed by atoms with Crippen LogP contribution in [0.3, 0.4) is 0 Å². The molecule has 2 rings (SSSR count). The van der Waals surface area contributed by atoms with Crippen molar-refractivity contribution in [2.75, 3.05) is 24.7 Å². The van der Waals surface area contributed by atoms with Crippen molar-refractivity contribution in [3.8, 4) is 11.5 Å². The van der Waals surface area contributed by atoms with Crippen molar-refractivity contribution in [3.63, 3.8) is 0 Å². The van der Waals surface area contributed by atoms with Crippen LogP contribution in [0.5, 0.6) is 11.5 Å². The number of benzene rings is 2. The van der Waals surface area contributed by atoms with E-state index < -0.39 is 0 Å². The van der Waals surface area contributed by atoms with E-state index in [2.05, 4.69) is 24.5 Å². The molecule has 2 aromatic rings. The molecule has 0 fully saturated rings. The highest BCUT2D eigenvalue weighted by Crippen LogP contribution is 2.37. The third kappa shape index (κ3) is 3.04. The van der Waals surface area contributed by atoms with Crippen LogP contribution in [0.1, 0.15) is 36.1 Å². The van der Waals surface area contributed by atoms with E-state index in [1.807, 2.05) is 26.0 Å². The van der Waals surface area contributed by atoms with Crippen LogP contribution in [0.4, 0.5) is 11.4 Å². The van der Waals surface area contributed by atoms with Gasteiger partial charge in [0.2, 0.25) is 0 Å². The zero-order valence-corrected chi connectivity index (χ0v) is 15.2. The molecular weight excluding hydrogens is 300 g/mol. The van der Waals surface area contributed by atoms with Gasteiger partial charge in [-0.25, -0.2) is 0 Å². The first-order chi connectivity index (χ1) is 11.3. The molecule has 4 N–H and O–H groups in total. The first-order valence-electron chi connectivity index (χ1n) is 8.01. The summed E-state index contributed by atoms with van der Waals surface area (Å²) in [6, 6.07) is 7.41. The molecular formula is C20H26N2O2. The van der Waals surface area contributed by atoms with Crippen molar-refractivity contribution in [1.82, 2.24) is 0 Å². The van der Waals surface area contributed by atoms with Gasteiger partial charge >= 0.3 is 0 Å². The maximum Gasteiger partial charge on any atom is 0.138 e. The fourth-order valence-electron chi connectivity index (χ4n) is 3.12. The van der Waals surface area contributed by atoms with Crippen molar-refractivity contribution < 1.29 is 10.2 Å². The smallest absolute Gasteiger partial charge is 0.138 e. The zero-order valence-electron chi connectivity index (χ0n) is 15.2. The average molecular weight is 326 g/mol. The van der Waals surface area contributed by atoms with Gasteiger partial charge in [0, 0.05) is 14.1 Å². The molecule has 0 amide bonds. The minimum Gasteiger partial charge on any atom is -0.506 e. The summed E-state index contributed by atoms with van der Waals surface area (Å²) >= 11 is 0. The number of hydrogen-bond acceptors (Lipinski definition) is 4. The lowest BCUT2D eigenvalue weighted by molar-refractivity contribution is 0.476. The van der Waals surface area contributed by atoms with Gasteiger partial charge in [0.15, 0.2) is 0 Å². The van der Waals surface area contributed by atoms with Crippen molar-refractivity contribution >= 4 is 22.5 Å². The summed E-state index contributed by atoms with van der Waals surface area (Å²) in [7, 11) is 3.60. The molecule has 0 aliphatic rings. The second kappa shape index (κ2) is 6.87. The van der Waals surface area contributed by atoms with E-state index in [1.54, 1.807) is 26.2 Å². The maximum atomic E-state index is 9.98. The molecule has 2 aromatic carbocycles. The van der Waals surface area contributed by atoms with Crippen molar-refractivity contribution in [1.29, 1.82) is 0 Å². The number of rotatable bonds is 4. The van der Waals surface area contributed by atoms with E-state index in [9.17, 15) is 10.2 Å². The predicted molar refractivity (Wildman–Crippen MR) is 103 cm³/mol. The zero-order chi connectivity index (χ0) is 18.0. The van der Waals surface area contributed by atoms with Crippen LogP contribution in [0.25, 0.3) is 11.1 Å². The Morgan fingerprint density at radius 2 is 1.46 bits per heavy atom. The van der Waals surface area contributed by atoms with E-state index in [1.165, 1.54) is 0 Å². The van der Waals surface area contributed by atoms with E-state index in [-0.39, 0.29) is 11.5 Å². The number of allylic oxidation sites excluding steroid dienone is 2. The van der Waals surface area contributed by atoms with Crippen LogP contribution in [-0.2, 0) is 0 Å². The fraction of sp³-hybridized carbons (Fsp3) is 0.300. The summed E-state index contributed by atoms with van der Waals surface area (Å²) in [6.07, 6.45) is 0. The van der Waals surface area contributed by atoms with Gasteiger partial charge in [0.25, 0.3) is 0 Å². The molecule has 128 valence electrons. The van der Waals surface area contributed by atoms with Gasteiger partial charge in [-0.2, -0.15) is 0 Å². The summed E-state index contributed by atoms with van der Waals surface area (Å²) in [6.45, 7) is 8.16. The Morgan fingerprint density at radius 3 is 2.04 bits per heavy atom. The first-order valence-corrected chi connectivity index (χ1v) is 8.01. The van der Waals surface area contributed by atoms with E-state index in [4.69, 9.17) is 0 Å². The van der Waals surface area contributed by atoms with Crippen LogP contribution < -0.4 is 10.6 Å². The minimum atomic E-state index is 0.252. The molecule has 4 heteroatoms. The number of phenols is 2. The molecule has 0 aliphatic heterocycles. The number of aromatic hydroxyl groups is 2. The van der Waals surface area contributed by atoms with Crippen molar-refractivity contribution in [3.05, 3.63) is 46.5 Å². The van der Waals surface area contributed by atoms with E-state index in [0.717, 1.165) is 39.1 Å². The summed E-state index contributed by atoms with van der Waals surface area (Å²) < 4.78 is 0. The number of phenolic OH excluding ortho intramolecular Hbond substituents is 2. The topological polar surface area (TPSA) is 64.5 Å². The third-order valence-electron chi connectivity index (χ3n) is 4.68. The Kier molecular flexibility index (Phi) is 5.07. The predicted octanol–water partition coefficient (Wildman–Crippen LogP) is 4.75. The Bertz CT molecular complexity index is 798. The highest BCUT2D eigenvalue weighted by atomic mass is 16.3. The lowest BCUT2D eigenvalue weighted by Gasteiger charge is -2.17. The third-order valence-corrected chi connectivity index (χ3v) is 4.68. The molecule has 24 heavy (non-hydrogen) atoms. The molecule has 0 saturated heterocycles. The van der Waals surface area contributed by atoms with Gasteiger partial charge < -0.3 is 20.8 Å². The van der Waals surface area contributed by atoms with Crippen LogP contribution >= 0.6 is 0 Å². The molecule has 0 bridgehead atoms. The molecule has 0 spiro atoms. The molecule has 0 atom stereocenters. The van der Waals surface area contributed by atoms with Crippen LogP contribution in [0, 0.1) is 13.8 Å². The quantitative estimate of drug-likeness (QED) is 0.484. The second-order valence-corrected chi connectivity index (χ2v) is 6.07. The van der Waals surface area contributed by atoms with Gasteiger partial charge in [-0.05, 0) is 79.3 Å². The lowest BCUT2D eigenvalue weighted by atomic mass is 9.91. The van der Waals surface area contributed by atoms with Crippen molar-refractivity contribution in [2.45, 2.75) is 27.7 Å². The van der Waals surface area contributed by atoms with Gasteiger partial charge in [0.05, 0.1) is 11.4 Å². The van der Waals surface area contributed by atoms with Gasteiger partial charge in [0.1, 0.15) is 11.5 Å². The molecule has 0 radical (unpaired) electrons. The SMILES string of the molecule is CNc1cc(/C(C)=C(\C)c2ccc(O)c(NC)c2C)c(C)cc1O. The first kappa shape index (κ1) is 17.7. The maximum absolute atomic E-state index is 9.98. The second-order valence-electron chi connectivity index (χ2n) is 6.07. The molecule has 0 aliphatic carbocycles. The van der Waals surface area contributed by atoms with E-state index in [0.29, 0.717) is 5.69 Å². The Labute approximate surface area is 143 Å². The largest absolute Gasteiger partial charge is 0.506 e. The Balaban J connectivity index is 2.65. The number of anilines is 2. The van der Waals surface area contributed by atoms with Crippen LogP contribution in [0.2, 0.25) is 0 Å². The van der Waals surface area contributed by atoms with Gasteiger partial charge in [-0.1, -0.05) is 6.07 Å². The number of nitrogens with one attached hydrogen (secondary N) is 2. The molecule has 0 saturated carbocycles. The van der Waals surface area contributed by atoms with Gasteiger partial charge in [-0.3, -0.25) is 0 Å². The lowest BCUT2D eigenvalue weighted by Crippen LogP contribution is -1.98. The summed E-state index contributed by atoms with van der Waals surface area (Å²) in [4.78, 5) is 0. The Morgan fingerprint density at radius 1 is 0.833 bits per heavy atom. The van der Waals surface area contributed by atoms with Crippen molar-refractivity contribution in [2.24, 2.45) is 0 Å². The van der Waals surface area contributed by atoms with E-state index >= 15 is 0 Å². The monoisotopic (exact) mass is 326 g/mol. The summed E-state index contributed by atoms with van der Waals surface area (Å²) in [5.41, 5.74) is 7.95. The number of aryl methyl sites for hydroxylation is 1. The van der Waals surface area contributed by atoms with Crippen LogP contribution in [0.15, 0.2) is 24.3 Å². The van der Waals surface area contributed by atoms with Gasteiger partial charge in [-0.15, -0.1) is 0 Å². The summed E-state index contributed by atoms with van der Waals surface area (Å²) in [5.74, 6) is 0.505. The molecule has 4 nitrogen and oxygen atoms in total. The average Bonchev–Trinajstić information content (AvgIpc) is 2.54. The fourth-order valence-corrected chi connectivity index (χ4v) is 3.12. The molecule has 0 heterocycles. The highest BCUT2D eigenvalue weighted by molar-refractivity contribution is 5.93. The minimum absolute atomic E-state index is 0.252. The normalized spacial score (nSPS) is 11.9. The molecule has 0 aromatic heterocycles. The molecule has 0 unspecified atom stereocenters.